The van der Waals surface area contributed by atoms with Crippen molar-refractivity contribution in [3.05, 3.63) is 0 Å². The minimum Gasteiger partial charge on any atom is -0.335 e. The van der Waals surface area contributed by atoms with Crippen LogP contribution in [0.3, 0.4) is 0 Å². The molecule has 1 saturated heterocycles. The number of hydrogen-bond acceptors (Lipinski definition) is 2. The molecule has 0 aromatic carbocycles. The molecule has 1 unspecified atom stereocenters. The van der Waals surface area contributed by atoms with Crippen molar-refractivity contribution in [3.8, 4) is 0 Å². The maximum absolute atomic E-state index is 11.5. The summed E-state index contributed by atoms with van der Waals surface area (Å²) in [5.41, 5.74) is 0. The molecule has 1 aliphatic heterocycles. The smallest absolute Gasteiger partial charge is 0.315 e. The Morgan fingerprint density at radius 3 is 2.43 bits per heavy atom. The lowest BCUT2D eigenvalue weighted by atomic mass is 9.93. The molecule has 0 aromatic rings. The predicted molar refractivity (Wildman–Crippen MR) is 55.2 cm³/mol. The van der Waals surface area contributed by atoms with Crippen molar-refractivity contribution in [2.24, 2.45) is 0 Å². The Kier molecular flexibility index (Phi) is 2.91. The third-order valence-corrected chi connectivity index (χ3v) is 3.17. The fourth-order valence-electron chi connectivity index (χ4n) is 2.02. The number of urea groups is 1. The Balaban J connectivity index is 1.66. The van der Waals surface area contributed by atoms with Crippen molar-refractivity contribution in [3.63, 3.8) is 0 Å². The van der Waals surface area contributed by atoms with Gasteiger partial charge < -0.3 is 15.5 Å². The Morgan fingerprint density at radius 2 is 1.93 bits per heavy atom. The molecule has 0 aromatic heterocycles. The van der Waals surface area contributed by atoms with E-state index in [-0.39, 0.29) is 6.03 Å². The molecular formula is C10H19N3O. The SMILES string of the molecule is CN1CCC(NC(=O)NC2CCC2)C1. The third kappa shape index (κ3) is 2.38. The van der Waals surface area contributed by atoms with Crippen molar-refractivity contribution < 1.29 is 4.79 Å². The second-order valence-corrected chi connectivity index (χ2v) is 4.49. The fourth-order valence-corrected chi connectivity index (χ4v) is 2.02. The van der Waals surface area contributed by atoms with Gasteiger partial charge in [0, 0.05) is 18.6 Å². The summed E-state index contributed by atoms with van der Waals surface area (Å²) in [7, 11) is 2.09. The molecule has 2 aliphatic rings. The van der Waals surface area contributed by atoms with E-state index < -0.39 is 0 Å². The van der Waals surface area contributed by atoms with E-state index in [1.165, 1.54) is 6.42 Å². The third-order valence-electron chi connectivity index (χ3n) is 3.17. The molecule has 0 spiro atoms. The van der Waals surface area contributed by atoms with E-state index in [1.54, 1.807) is 0 Å². The summed E-state index contributed by atoms with van der Waals surface area (Å²) < 4.78 is 0. The molecular weight excluding hydrogens is 178 g/mol. The molecule has 2 fully saturated rings. The van der Waals surface area contributed by atoms with Crippen LogP contribution in [0, 0.1) is 0 Å². The van der Waals surface area contributed by atoms with Crippen LogP contribution in [-0.4, -0.2) is 43.2 Å². The minimum atomic E-state index is 0.0231. The van der Waals surface area contributed by atoms with E-state index in [0.717, 1.165) is 32.4 Å². The molecule has 14 heavy (non-hydrogen) atoms. The van der Waals surface area contributed by atoms with Crippen LogP contribution in [0.4, 0.5) is 4.79 Å². The van der Waals surface area contributed by atoms with Crippen molar-refractivity contribution in [1.29, 1.82) is 0 Å². The van der Waals surface area contributed by atoms with Gasteiger partial charge in [0.2, 0.25) is 0 Å². The second kappa shape index (κ2) is 4.17. The second-order valence-electron chi connectivity index (χ2n) is 4.49. The maximum atomic E-state index is 11.5. The van der Waals surface area contributed by atoms with Gasteiger partial charge in [0.15, 0.2) is 0 Å². The summed E-state index contributed by atoms with van der Waals surface area (Å²) in [4.78, 5) is 13.7. The number of amides is 2. The zero-order chi connectivity index (χ0) is 9.97. The van der Waals surface area contributed by atoms with E-state index in [0.29, 0.717) is 12.1 Å². The number of likely N-dealkylation sites (N-methyl/N-ethyl adjacent to an activating group) is 1. The number of rotatable bonds is 2. The standard InChI is InChI=1S/C10H19N3O/c1-13-6-5-9(7-13)12-10(14)11-8-3-2-4-8/h8-9H,2-7H2,1H3,(H2,11,12,14). The highest BCUT2D eigenvalue weighted by atomic mass is 16.2. The van der Waals surface area contributed by atoms with Crippen LogP contribution < -0.4 is 10.6 Å². The molecule has 4 nitrogen and oxygen atoms in total. The number of carbonyl (C=O) groups excluding carboxylic acids is 1. The zero-order valence-electron chi connectivity index (χ0n) is 8.75. The van der Waals surface area contributed by atoms with Crippen molar-refractivity contribution in [1.82, 2.24) is 15.5 Å². The Labute approximate surface area is 85.0 Å². The van der Waals surface area contributed by atoms with Gasteiger partial charge in [-0.3, -0.25) is 0 Å². The molecule has 4 heteroatoms. The summed E-state index contributed by atoms with van der Waals surface area (Å²) in [6.07, 6.45) is 4.64. The Morgan fingerprint density at radius 1 is 1.21 bits per heavy atom. The van der Waals surface area contributed by atoms with E-state index in [2.05, 4.69) is 22.6 Å². The van der Waals surface area contributed by atoms with Gasteiger partial charge in [0.25, 0.3) is 0 Å². The minimum absolute atomic E-state index is 0.0231. The van der Waals surface area contributed by atoms with Crippen molar-refractivity contribution in [2.75, 3.05) is 20.1 Å². The topological polar surface area (TPSA) is 44.4 Å². The molecule has 1 atom stereocenters. The van der Waals surface area contributed by atoms with E-state index in [1.807, 2.05) is 0 Å². The fraction of sp³-hybridized carbons (Fsp3) is 0.900. The first-order valence-electron chi connectivity index (χ1n) is 5.49. The summed E-state index contributed by atoms with van der Waals surface area (Å²) in [6, 6.07) is 0.809. The summed E-state index contributed by atoms with van der Waals surface area (Å²) in [5, 5.41) is 6.01. The average molecular weight is 197 g/mol. The summed E-state index contributed by atoms with van der Waals surface area (Å²) in [5.74, 6) is 0. The predicted octanol–water partition coefficient (Wildman–Crippen LogP) is 0.542. The first kappa shape index (κ1) is 9.77. The number of hydrogen-bond donors (Lipinski definition) is 2. The maximum Gasteiger partial charge on any atom is 0.315 e. The van der Waals surface area contributed by atoms with Gasteiger partial charge in [-0.15, -0.1) is 0 Å². The monoisotopic (exact) mass is 197 g/mol. The van der Waals surface area contributed by atoms with Crippen LogP contribution >= 0.6 is 0 Å². The Hall–Kier alpha value is -0.770. The van der Waals surface area contributed by atoms with Crippen LogP contribution in [-0.2, 0) is 0 Å². The van der Waals surface area contributed by atoms with E-state index in [9.17, 15) is 4.79 Å². The first-order chi connectivity index (χ1) is 6.74. The highest BCUT2D eigenvalue weighted by molar-refractivity contribution is 5.74. The van der Waals surface area contributed by atoms with Crippen molar-refractivity contribution >= 4 is 6.03 Å². The van der Waals surface area contributed by atoms with Crippen LogP contribution in [0.1, 0.15) is 25.7 Å². The van der Waals surface area contributed by atoms with Gasteiger partial charge in [0.1, 0.15) is 0 Å². The average Bonchev–Trinajstić information content (AvgIpc) is 2.44. The van der Waals surface area contributed by atoms with Gasteiger partial charge >= 0.3 is 6.03 Å². The van der Waals surface area contributed by atoms with E-state index >= 15 is 0 Å². The molecule has 0 bridgehead atoms. The first-order valence-corrected chi connectivity index (χ1v) is 5.49. The zero-order valence-corrected chi connectivity index (χ0v) is 8.75. The lowest BCUT2D eigenvalue weighted by Crippen LogP contribution is -2.48. The quantitative estimate of drug-likeness (QED) is 0.678. The van der Waals surface area contributed by atoms with E-state index in [4.69, 9.17) is 0 Å². The number of carbonyl (C=O) groups is 1. The van der Waals surface area contributed by atoms with Crippen LogP contribution in [0.2, 0.25) is 0 Å². The molecule has 1 saturated carbocycles. The van der Waals surface area contributed by atoms with Gasteiger partial charge in [-0.05, 0) is 39.3 Å². The summed E-state index contributed by atoms with van der Waals surface area (Å²) >= 11 is 0. The van der Waals surface area contributed by atoms with Crippen LogP contribution in [0.5, 0.6) is 0 Å². The lowest BCUT2D eigenvalue weighted by molar-refractivity contribution is 0.224. The number of nitrogens with one attached hydrogen (secondary N) is 2. The molecule has 2 amide bonds. The normalized spacial score (nSPS) is 28.5. The lowest BCUT2D eigenvalue weighted by Gasteiger charge is -2.27. The largest absolute Gasteiger partial charge is 0.335 e. The highest BCUT2D eigenvalue weighted by Gasteiger charge is 2.23. The van der Waals surface area contributed by atoms with Gasteiger partial charge in [-0.1, -0.05) is 0 Å². The number of likely N-dealkylation sites (tertiary alicyclic amines) is 1. The summed E-state index contributed by atoms with van der Waals surface area (Å²) in [6.45, 7) is 2.08. The van der Waals surface area contributed by atoms with Crippen molar-refractivity contribution in [2.45, 2.75) is 37.8 Å². The molecule has 0 radical (unpaired) electrons. The highest BCUT2D eigenvalue weighted by Crippen LogP contribution is 2.17. The number of nitrogens with zero attached hydrogens (tertiary/aromatic N) is 1. The van der Waals surface area contributed by atoms with Gasteiger partial charge in [-0.2, -0.15) is 0 Å². The van der Waals surface area contributed by atoms with Gasteiger partial charge in [0.05, 0.1) is 0 Å². The molecule has 1 aliphatic carbocycles. The Bertz CT molecular complexity index is 215. The molecule has 2 rings (SSSR count). The van der Waals surface area contributed by atoms with Crippen LogP contribution in [0.25, 0.3) is 0 Å². The molecule has 2 N–H and O–H groups in total. The van der Waals surface area contributed by atoms with Crippen LogP contribution in [0.15, 0.2) is 0 Å². The van der Waals surface area contributed by atoms with Gasteiger partial charge in [-0.25, -0.2) is 4.79 Å². The molecule has 1 heterocycles. The molecule has 80 valence electrons.